The van der Waals surface area contributed by atoms with Crippen LogP contribution in [0.25, 0.3) is 22.5 Å². The molecule has 13 nitrogen and oxygen atoms in total. The Morgan fingerprint density at radius 3 is 2.26 bits per heavy atom. The highest BCUT2D eigenvalue weighted by Crippen LogP contribution is 2.33. The maximum atomic E-state index is 14.2. The molecule has 0 spiro atoms. The number of pyridine rings is 1. The Labute approximate surface area is 299 Å². The van der Waals surface area contributed by atoms with Gasteiger partial charge in [-0.3, -0.25) is 24.3 Å². The molecule has 266 valence electrons. The molecule has 1 aliphatic carbocycles. The summed E-state index contributed by atoms with van der Waals surface area (Å²) in [4.78, 5) is 48.0. The fraction of sp³-hybridized carbons (Fsp3) is 0.417. The quantitative estimate of drug-likeness (QED) is 0.143. The number of aryl methyl sites for hydroxylation is 1. The van der Waals surface area contributed by atoms with Gasteiger partial charge in [-0.1, -0.05) is 24.3 Å². The van der Waals surface area contributed by atoms with Crippen molar-refractivity contribution >= 4 is 35.8 Å². The number of H-pyrrole nitrogens is 1. The first-order valence-electron chi connectivity index (χ1n) is 16.8. The molecular weight excluding hydrogens is 656 g/mol. The van der Waals surface area contributed by atoms with E-state index in [2.05, 4.69) is 35.8 Å². The highest BCUT2D eigenvalue weighted by atomic mass is 35.5. The van der Waals surface area contributed by atoms with E-state index in [0.29, 0.717) is 49.1 Å². The van der Waals surface area contributed by atoms with Crippen molar-refractivity contribution < 1.29 is 14.4 Å². The van der Waals surface area contributed by atoms with Gasteiger partial charge in [0, 0.05) is 41.9 Å². The fourth-order valence-electron chi connectivity index (χ4n) is 6.40. The number of amides is 3. The van der Waals surface area contributed by atoms with E-state index in [1.165, 1.54) is 0 Å². The lowest BCUT2D eigenvalue weighted by atomic mass is 9.81. The van der Waals surface area contributed by atoms with Crippen molar-refractivity contribution in [3.63, 3.8) is 0 Å². The number of rotatable bonds is 14. The summed E-state index contributed by atoms with van der Waals surface area (Å²) in [6.07, 6.45) is 5.97. The van der Waals surface area contributed by atoms with Crippen molar-refractivity contribution in [3.8, 4) is 22.5 Å². The van der Waals surface area contributed by atoms with Crippen LogP contribution in [0.1, 0.15) is 53.7 Å². The molecule has 0 unspecified atom stereocenters. The molecular formula is C36H47ClN10O3. The molecule has 0 saturated heterocycles. The van der Waals surface area contributed by atoms with Crippen molar-refractivity contribution in [2.24, 2.45) is 23.3 Å². The predicted molar refractivity (Wildman–Crippen MR) is 195 cm³/mol. The molecule has 2 heterocycles. The SMILES string of the molecule is Cc1cc(C(=O)NCCCN(C)C)ncc1-c1ccc(C[C@@H](C(N)=O)N(c2ccc(-c3nnn[nH]3)cc2)C(=O)[C@H]2CC[C@H](CN)CC2)cc1.Cl. The molecule has 1 atom stereocenters. The lowest BCUT2D eigenvalue weighted by molar-refractivity contribution is -0.127. The molecule has 14 heteroatoms. The summed E-state index contributed by atoms with van der Waals surface area (Å²) in [6, 6.07) is 15.9. The third kappa shape index (κ3) is 9.49. The average molecular weight is 703 g/mol. The highest BCUT2D eigenvalue weighted by Gasteiger charge is 2.36. The van der Waals surface area contributed by atoms with Crippen LogP contribution in [-0.4, -0.2) is 88.0 Å². The number of halogens is 1. The first kappa shape index (κ1) is 38.1. The van der Waals surface area contributed by atoms with E-state index in [1.54, 1.807) is 29.3 Å². The molecule has 0 bridgehead atoms. The minimum absolute atomic E-state index is 0. The van der Waals surface area contributed by atoms with Gasteiger partial charge in [-0.25, -0.2) is 5.10 Å². The van der Waals surface area contributed by atoms with E-state index < -0.39 is 11.9 Å². The van der Waals surface area contributed by atoms with Crippen LogP contribution >= 0.6 is 12.4 Å². The van der Waals surface area contributed by atoms with Gasteiger partial charge in [0.25, 0.3) is 5.91 Å². The maximum absolute atomic E-state index is 14.2. The molecule has 3 amide bonds. The molecule has 2 aromatic carbocycles. The number of primary amides is 1. The van der Waals surface area contributed by atoms with Crippen LogP contribution in [-0.2, 0) is 16.0 Å². The largest absolute Gasteiger partial charge is 0.368 e. The number of nitrogens with one attached hydrogen (secondary N) is 2. The highest BCUT2D eigenvalue weighted by molar-refractivity contribution is 6.02. The topological polar surface area (TPSA) is 189 Å². The second kappa shape index (κ2) is 17.8. The van der Waals surface area contributed by atoms with Gasteiger partial charge in [0.2, 0.25) is 11.8 Å². The molecule has 4 aromatic rings. The minimum Gasteiger partial charge on any atom is -0.368 e. The summed E-state index contributed by atoms with van der Waals surface area (Å²) in [5.41, 5.74) is 17.2. The summed E-state index contributed by atoms with van der Waals surface area (Å²) in [7, 11) is 4.00. The molecule has 1 aliphatic rings. The number of benzene rings is 2. The summed E-state index contributed by atoms with van der Waals surface area (Å²) >= 11 is 0. The lowest BCUT2D eigenvalue weighted by Gasteiger charge is -2.35. The summed E-state index contributed by atoms with van der Waals surface area (Å²) < 4.78 is 0. The molecule has 5 rings (SSSR count). The van der Waals surface area contributed by atoms with Gasteiger partial charge in [0.05, 0.1) is 0 Å². The number of tetrazole rings is 1. The Morgan fingerprint density at radius 1 is 1.00 bits per heavy atom. The first-order chi connectivity index (χ1) is 23.6. The zero-order chi connectivity index (χ0) is 34.9. The third-order valence-electron chi connectivity index (χ3n) is 9.28. The van der Waals surface area contributed by atoms with Gasteiger partial charge in [-0.05, 0) is 130 Å². The van der Waals surface area contributed by atoms with Crippen LogP contribution in [0, 0.1) is 18.8 Å². The van der Waals surface area contributed by atoms with Crippen LogP contribution in [0.4, 0.5) is 5.69 Å². The number of nitrogens with zero attached hydrogens (tertiary/aromatic N) is 6. The number of anilines is 1. The second-order valence-electron chi connectivity index (χ2n) is 13.1. The summed E-state index contributed by atoms with van der Waals surface area (Å²) in [6.45, 7) is 4.03. The van der Waals surface area contributed by atoms with Gasteiger partial charge in [0.15, 0.2) is 5.82 Å². The van der Waals surface area contributed by atoms with Gasteiger partial charge < -0.3 is 21.7 Å². The Morgan fingerprint density at radius 2 is 1.68 bits per heavy atom. The Bertz CT molecular complexity index is 1710. The molecule has 2 aromatic heterocycles. The predicted octanol–water partition coefficient (Wildman–Crippen LogP) is 3.54. The maximum Gasteiger partial charge on any atom is 0.269 e. The molecule has 0 radical (unpaired) electrons. The van der Waals surface area contributed by atoms with E-state index in [0.717, 1.165) is 53.6 Å². The standard InChI is InChI=1S/C36H46N10O3.ClH/c1-23-19-31(35(48)39-17-4-18-45(2)3)40-22-30(23)26-9-5-24(6-10-26)20-32(33(38)47)46(36(49)28-11-7-25(21-37)8-12-28)29-15-13-27(14-16-29)34-41-43-44-42-34;/h5-6,9-10,13-16,19,22,25,28,32H,4,7-8,11-12,17-18,20-21,37H2,1-3H3,(H2,38,47)(H,39,48)(H,41,42,43,44);1H/t25-,28-,32-;/m0./s1. The van der Waals surface area contributed by atoms with Crippen molar-refractivity contribution in [1.29, 1.82) is 0 Å². The zero-order valence-electron chi connectivity index (χ0n) is 28.8. The van der Waals surface area contributed by atoms with E-state index in [1.807, 2.05) is 57.4 Å². The number of hydrogen-bond donors (Lipinski definition) is 4. The number of hydrogen-bond acceptors (Lipinski definition) is 9. The Hall–Kier alpha value is -4.72. The number of aromatic nitrogens is 5. The van der Waals surface area contributed by atoms with Gasteiger partial charge >= 0.3 is 0 Å². The Balaban J connectivity index is 0.00000562. The number of nitrogens with two attached hydrogens (primary N) is 2. The van der Waals surface area contributed by atoms with E-state index in [9.17, 15) is 14.4 Å². The van der Waals surface area contributed by atoms with Crippen LogP contribution in [0.5, 0.6) is 0 Å². The monoisotopic (exact) mass is 702 g/mol. The first-order valence-corrected chi connectivity index (χ1v) is 16.8. The number of carbonyl (C=O) groups excluding carboxylic acids is 3. The van der Waals surface area contributed by atoms with Crippen molar-refractivity contribution in [3.05, 3.63) is 77.6 Å². The van der Waals surface area contributed by atoms with Gasteiger partial charge in [-0.2, -0.15) is 0 Å². The third-order valence-corrected chi connectivity index (χ3v) is 9.28. The van der Waals surface area contributed by atoms with Crippen LogP contribution < -0.4 is 21.7 Å². The Kier molecular flexibility index (Phi) is 13.6. The van der Waals surface area contributed by atoms with Crippen LogP contribution in [0.3, 0.4) is 0 Å². The van der Waals surface area contributed by atoms with Crippen molar-refractivity contribution in [2.45, 2.75) is 51.5 Å². The van der Waals surface area contributed by atoms with Gasteiger partial charge in [0.1, 0.15) is 11.7 Å². The fourth-order valence-corrected chi connectivity index (χ4v) is 6.40. The van der Waals surface area contributed by atoms with Crippen LogP contribution in [0.15, 0.2) is 60.8 Å². The van der Waals surface area contributed by atoms with Gasteiger partial charge in [-0.15, -0.1) is 17.5 Å². The van der Waals surface area contributed by atoms with Crippen molar-refractivity contribution in [2.75, 3.05) is 38.6 Å². The lowest BCUT2D eigenvalue weighted by Crippen LogP contribution is -2.52. The number of aromatic amines is 1. The zero-order valence-corrected chi connectivity index (χ0v) is 29.7. The summed E-state index contributed by atoms with van der Waals surface area (Å²) in [5, 5.41) is 16.9. The molecule has 6 N–H and O–H groups in total. The minimum atomic E-state index is -0.915. The van der Waals surface area contributed by atoms with Crippen LogP contribution in [0.2, 0.25) is 0 Å². The normalized spacial score (nSPS) is 16.3. The molecule has 1 saturated carbocycles. The second-order valence-corrected chi connectivity index (χ2v) is 13.1. The smallest absolute Gasteiger partial charge is 0.269 e. The average Bonchev–Trinajstić information content (AvgIpc) is 3.65. The van der Waals surface area contributed by atoms with Crippen molar-refractivity contribution in [1.82, 2.24) is 35.8 Å². The van der Waals surface area contributed by atoms with E-state index in [4.69, 9.17) is 11.5 Å². The molecule has 0 aliphatic heterocycles. The number of carbonyl (C=O) groups is 3. The van der Waals surface area contributed by atoms with E-state index >= 15 is 0 Å². The molecule has 1 fully saturated rings. The molecule has 50 heavy (non-hydrogen) atoms. The summed E-state index contributed by atoms with van der Waals surface area (Å²) in [5.74, 6) is -0.236. The van der Waals surface area contributed by atoms with E-state index in [-0.39, 0.29) is 36.6 Å².